The van der Waals surface area contributed by atoms with Crippen molar-refractivity contribution >= 4 is 15.7 Å². The first kappa shape index (κ1) is 22.4. The van der Waals surface area contributed by atoms with E-state index < -0.39 is 10.0 Å². The molecule has 5 nitrogen and oxygen atoms in total. The predicted octanol–water partition coefficient (Wildman–Crippen LogP) is 5.03. The second-order valence-corrected chi connectivity index (χ2v) is 13.2. The van der Waals surface area contributed by atoms with Gasteiger partial charge in [0.05, 0.1) is 11.0 Å². The van der Waals surface area contributed by atoms with Crippen molar-refractivity contribution in [2.45, 2.75) is 89.6 Å². The molecule has 0 amide bonds. The maximum absolute atomic E-state index is 12.8. The van der Waals surface area contributed by atoms with Gasteiger partial charge in [0.25, 0.3) is 10.0 Å². The fourth-order valence-electron chi connectivity index (χ4n) is 8.09. The van der Waals surface area contributed by atoms with Gasteiger partial charge < -0.3 is 5.11 Å². The summed E-state index contributed by atoms with van der Waals surface area (Å²) in [6, 6.07) is 6.92. The van der Waals surface area contributed by atoms with Crippen molar-refractivity contribution in [3.63, 3.8) is 0 Å². The number of hydrogen-bond donors (Lipinski definition) is 2. The number of benzene rings is 1. The molecule has 7 atom stereocenters. The van der Waals surface area contributed by atoms with Crippen molar-refractivity contribution in [1.82, 2.24) is 4.83 Å². The summed E-state index contributed by atoms with van der Waals surface area (Å²) >= 11 is 0. The molecule has 4 aliphatic carbocycles. The second-order valence-electron chi connectivity index (χ2n) is 11.5. The van der Waals surface area contributed by atoms with Crippen LogP contribution in [0.1, 0.15) is 77.2 Å². The van der Waals surface area contributed by atoms with Crippen molar-refractivity contribution in [2.75, 3.05) is 0 Å². The number of hydrazone groups is 1. The van der Waals surface area contributed by atoms with Crippen LogP contribution in [0.5, 0.6) is 0 Å². The Kier molecular flexibility index (Phi) is 5.48. The molecule has 0 heterocycles. The highest BCUT2D eigenvalue weighted by molar-refractivity contribution is 7.89. The molecule has 0 radical (unpaired) electrons. The minimum absolute atomic E-state index is 0.00562. The number of hydrogen-bond acceptors (Lipinski definition) is 4. The fraction of sp³-hybridized carbons (Fsp3) is 0.731. The van der Waals surface area contributed by atoms with Crippen LogP contribution in [0, 0.1) is 41.4 Å². The molecule has 0 aromatic heterocycles. The van der Waals surface area contributed by atoms with Crippen LogP contribution in [-0.4, -0.2) is 25.3 Å². The molecule has 1 aromatic carbocycles. The Hall–Kier alpha value is -1.40. The molecular formula is C26H38N2O3S. The molecule has 0 unspecified atom stereocenters. The van der Waals surface area contributed by atoms with Crippen LogP contribution < -0.4 is 4.83 Å². The monoisotopic (exact) mass is 458 g/mol. The molecule has 2 N–H and O–H groups in total. The maximum Gasteiger partial charge on any atom is 0.276 e. The number of sulfonamides is 1. The molecule has 4 fully saturated rings. The number of aryl methyl sites for hydroxylation is 1. The quantitative estimate of drug-likeness (QED) is 0.623. The number of aliphatic hydroxyl groups excluding tert-OH is 1. The van der Waals surface area contributed by atoms with Crippen molar-refractivity contribution in [1.29, 1.82) is 0 Å². The Labute approximate surface area is 193 Å². The summed E-state index contributed by atoms with van der Waals surface area (Å²) < 4.78 is 25.6. The minimum atomic E-state index is -3.64. The van der Waals surface area contributed by atoms with Crippen molar-refractivity contribution < 1.29 is 13.5 Å². The third-order valence-electron chi connectivity index (χ3n) is 10.0. The van der Waals surface area contributed by atoms with E-state index in [2.05, 4.69) is 23.8 Å². The van der Waals surface area contributed by atoms with Crippen LogP contribution in [-0.2, 0) is 10.0 Å². The molecular weight excluding hydrogens is 420 g/mol. The Balaban J connectivity index is 1.35. The third-order valence-corrected chi connectivity index (χ3v) is 11.2. The normalized spacial score (nSPS) is 42.8. The van der Waals surface area contributed by atoms with E-state index in [0.717, 1.165) is 55.7 Å². The highest BCUT2D eigenvalue weighted by atomic mass is 32.2. The van der Waals surface area contributed by atoms with Crippen LogP contribution >= 0.6 is 0 Å². The molecule has 6 heteroatoms. The Morgan fingerprint density at radius 1 is 1.00 bits per heavy atom. The smallest absolute Gasteiger partial charge is 0.276 e. The molecule has 176 valence electrons. The van der Waals surface area contributed by atoms with Crippen LogP contribution in [0.4, 0.5) is 0 Å². The largest absolute Gasteiger partial charge is 0.393 e. The van der Waals surface area contributed by atoms with Gasteiger partial charge in [0.2, 0.25) is 0 Å². The predicted molar refractivity (Wildman–Crippen MR) is 127 cm³/mol. The zero-order valence-corrected chi connectivity index (χ0v) is 20.5. The van der Waals surface area contributed by atoms with Crippen LogP contribution in [0.25, 0.3) is 0 Å². The fourth-order valence-corrected chi connectivity index (χ4v) is 8.92. The zero-order chi connectivity index (χ0) is 22.7. The van der Waals surface area contributed by atoms with Gasteiger partial charge in [-0.25, -0.2) is 4.83 Å². The second kappa shape index (κ2) is 7.83. The Morgan fingerprint density at radius 3 is 2.50 bits per heavy atom. The molecule has 1 aromatic rings. The molecule has 0 aliphatic heterocycles. The van der Waals surface area contributed by atoms with Crippen LogP contribution in [0.3, 0.4) is 0 Å². The van der Waals surface area contributed by atoms with E-state index in [4.69, 9.17) is 0 Å². The van der Waals surface area contributed by atoms with Gasteiger partial charge in [0.15, 0.2) is 0 Å². The summed E-state index contributed by atoms with van der Waals surface area (Å²) in [6.45, 7) is 6.78. The number of fused-ring (bicyclic) bond motifs is 5. The summed E-state index contributed by atoms with van der Waals surface area (Å²) in [4.78, 5) is 2.82. The van der Waals surface area contributed by atoms with Gasteiger partial charge >= 0.3 is 0 Å². The van der Waals surface area contributed by atoms with Crippen LogP contribution in [0.15, 0.2) is 34.3 Å². The molecule has 5 rings (SSSR count). The lowest BCUT2D eigenvalue weighted by atomic mass is 9.45. The van der Waals surface area contributed by atoms with Crippen molar-refractivity contribution in [2.24, 2.45) is 39.6 Å². The summed E-state index contributed by atoms with van der Waals surface area (Å²) in [7, 11) is -3.64. The van der Waals surface area contributed by atoms with E-state index in [1.165, 1.54) is 19.3 Å². The standard InChI is InChI=1S/C26H38N2O3S/c1-17-4-7-20(8-5-17)32(30,31)28-27-24-11-10-22-21-9-6-18-16-19(29)12-14-25(18,2)23(21)13-15-26(22,24)3/h4-5,7-8,18-19,21-23,28-29H,6,9-16H2,1-3H3/t18-,19+,21+,22+,23+,25-,26+/m0/s1. The van der Waals surface area contributed by atoms with E-state index >= 15 is 0 Å². The Morgan fingerprint density at radius 2 is 1.75 bits per heavy atom. The van der Waals surface area contributed by atoms with E-state index in [1.807, 2.05) is 19.1 Å². The molecule has 32 heavy (non-hydrogen) atoms. The molecule has 0 spiro atoms. The van der Waals surface area contributed by atoms with Crippen molar-refractivity contribution in [3.8, 4) is 0 Å². The molecule has 4 saturated carbocycles. The first-order chi connectivity index (χ1) is 15.1. The van der Waals surface area contributed by atoms with Gasteiger partial charge in [-0.2, -0.15) is 13.5 Å². The first-order valence-corrected chi connectivity index (χ1v) is 14.0. The van der Waals surface area contributed by atoms with Gasteiger partial charge in [-0.05, 0) is 106 Å². The number of aliphatic hydroxyl groups is 1. The SMILES string of the molecule is Cc1ccc(S(=O)(=O)NN=C2CC[C@@H]3[C@H]4CC[C@H]5C[C@H](O)CC[C@]5(C)[C@@H]4CC[C@@]23C)cc1. The number of rotatable bonds is 3. The molecule has 0 saturated heterocycles. The average molecular weight is 459 g/mol. The highest BCUT2D eigenvalue weighted by Crippen LogP contribution is 2.65. The molecule has 0 bridgehead atoms. The summed E-state index contributed by atoms with van der Waals surface area (Å²) in [6.07, 6.45) is 9.76. The summed E-state index contributed by atoms with van der Waals surface area (Å²) in [5.41, 5.74) is 2.43. The number of nitrogens with one attached hydrogen (secondary N) is 1. The van der Waals surface area contributed by atoms with Gasteiger partial charge in [0, 0.05) is 11.1 Å². The van der Waals surface area contributed by atoms with Gasteiger partial charge in [-0.1, -0.05) is 31.5 Å². The van der Waals surface area contributed by atoms with E-state index in [0.29, 0.717) is 23.2 Å². The third kappa shape index (κ3) is 3.53. The van der Waals surface area contributed by atoms with E-state index in [-0.39, 0.29) is 16.4 Å². The highest BCUT2D eigenvalue weighted by Gasteiger charge is 2.59. The summed E-state index contributed by atoms with van der Waals surface area (Å²) in [5, 5.41) is 14.8. The van der Waals surface area contributed by atoms with Gasteiger partial charge in [0.1, 0.15) is 0 Å². The lowest BCUT2D eigenvalue weighted by Gasteiger charge is -2.60. The van der Waals surface area contributed by atoms with Crippen molar-refractivity contribution in [3.05, 3.63) is 29.8 Å². The maximum atomic E-state index is 12.8. The number of nitrogens with zero attached hydrogens (tertiary/aromatic N) is 1. The zero-order valence-electron chi connectivity index (χ0n) is 19.7. The van der Waals surface area contributed by atoms with Crippen LogP contribution in [0.2, 0.25) is 0 Å². The average Bonchev–Trinajstić information content (AvgIpc) is 3.09. The van der Waals surface area contributed by atoms with E-state index in [1.54, 1.807) is 12.1 Å². The minimum Gasteiger partial charge on any atom is -0.393 e. The van der Waals surface area contributed by atoms with Gasteiger partial charge in [-0.15, -0.1) is 0 Å². The first-order valence-electron chi connectivity index (χ1n) is 12.5. The Bertz CT molecular complexity index is 1000. The summed E-state index contributed by atoms with van der Waals surface area (Å²) in [5.74, 6) is 2.68. The van der Waals surface area contributed by atoms with E-state index in [9.17, 15) is 13.5 Å². The lowest BCUT2D eigenvalue weighted by molar-refractivity contribution is -0.113. The lowest BCUT2D eigenvalue weighted by Crippen LogP contribution is -2.54. The molecule has 4 aliphatic rings. The topological polar surface area (TPSA) is 78.8 Å². The van der Waals surface area contributed by atoms with Gasteiger partial charge in [-0.3, -0.25) is 0 Å².